The molecule has 2 aromatic rings. The topological polar surface area (TPSA) is 24.4 Å². The number of hydrogen-bond donors (Lipinski definition) is 1. The third-order valence-electron chi connectivity index (χ3n) is 4.11. The maximum atomic E-state index is 12.7. The molecule has 29 heavy (non-hydrogen) atoms. The Morgan fingerprint density at radius 1 is 1.10 bits per heavy atom. The molecule has 0 spiro atoms. The first kappa shape index (κ1) is 22.8. The van der Waals surface area contributed by atoms with Crippen LogP contribution in [0.25, 0.3) is 0 Å². The third kappa shape index (κ3) is 7.81. The zero-order valence-corrected chi connectivity index (χ0v) is 17.3. The number of benzene rings is 2. The van der Waals surface area contributed by atoms with Crippen molar-refractivity contribution >= 4 is 16.9 Å². The van der Waals surface area contributed by atoms with E-state index < -0.39 is 11.7 Å². The van der Waals surface area contributed by atoms with Gasteiger partial charge in [-0.2, -0.15) is 13.2 Å². The predicted molar refractivity (Wildman–Crippen MR) is 117 cm³/mol. The molecule has 3 rings (SSSR count). The second-order valence-corrected chi connectivity index (χ2v) is 7.24. The summed E-state index contributed by atoms with van der Waals surface area (Å²) < 4.78 is 38.1. The molecular weight excluding hydrogens is 393 g/mol. The Bertz CT molecular complexity index is 816. The van der Waals surface area contributed by atoms with Crippen molar-refractivity contribution in [3.05, 3.63) is 95.6 Å². The number of aliphatic imine (C=N–C) groups is 1. The average Bonchev–Trinajstić information content (AvgIpc) is 3.21. The second-order valence-electron chi connectivity index (χ2n) is 6.27. The van der Waals surface area contributed by atoms with Gasteiger partial charge in [0.15, 0.2) is 5.17 Å². The number of halogens is 3. The summed E-state index contributed by atoms with van der Waals surface area (Å²) >= 11 is 1.43. The van der Waals surface area contributed by atoms with Gasteiger partial charge in [0.1, 0.15) is 0 Å². The lowest BCUT2D eigenvalue weighted by Gasteiger charge is -2.13. The first-order valence-corrected chi connectivity index (χ1v) is 10.3. The lowest BCUT2D eigenvalue weighted by Crippen LogP contribution is -2.30. The summed E-state index contributed by atoms with van der Waals surface area (Å²) in [6.45, 7) is 4.59. The lowest BCUT2D eigenvalue weighted by atomic mass is 10.1. The summed E-state index contributed by atoms with van der Waals surface area (Å²) in [6, 6.07) is 17.6. The highest BCUT2D eigenvalue weighted by atomic mass is 32.2. The van der Waals surface area contributed by atoms with Crippen molar-refractivity contribution in [2.45, 2.75) is 31.8 Å². The molecule has 0 saturated heterocycles. The minimum atomic E-state index is -4.30. The molecule has 1 N–H and O–H groups in total. The summed E-state index contributed by atoms with van der Waals surface area (Å²) in [5.74, 6) is 0.456. The van der Waals surface area contributed by atoms with Gasteiger partial charge >= 0.3 is 6.18 Å². The van der Waals surface area contributed by atoms with Gasteiger partial charge in [0, 0.05) is 5.75 Å². The zero-order valence-electron chi connectivity index (χ0n) is 16.5. The van der Waals surface area contributed by atoms with E-state index in [-0.39, 0.29) is 6.04 Å². The molecule has 0 unspecified atom stereocenters. The van der Waals surface area contributed by atoms with Crippen molar-refractivity contribution in [3.63, 3.8) is 0 Å². The largest absolute Gasteiger partial charge is 0.416 e. The molecule has 1 heterocycles. The minimum Gasteiger partial charge on any atom is -0.356 e. The first-order valence-electron chi connectivity index (χ1n) is 9.33. The first-order chi connectivity index (χ1) is 13.9. The van der Waals surface area contributed by atoms with E-state index >= 15 is 0 Å². The van der Waals surface area contributed by atoms with Gasteiger partial charge in [-0.05, 0) is 31.1 Å². The number of nitrogens with zero attached hydrogens (tertiary/aromatic N) is 1. The molecule has 2 aromatic carbocycles. The molecular formula is C23H25F3N2S. The van der Waals surface area contributed by atoms with Crippen molar-refractivity contribution in [3.8, 4) is 0 Å². The molecule has 0 aliphatic carbocycles. The maximum Gasteiger partial charge on any atom is 0.416 e. The highest BCUT2D eigenvalue weighted by Gasteiger charge is 2.30. The summed E-state index contributed by atoms with van der Waals surface area (Å²) in [6.07, 6.45) is 1.74. The summed E-state index contributed by atoms with van der Waals surface area (Å²) in [4.78, 5) is 4.43. The van der Waals surface area contributed by atoms with Crippen LogP contribution in [0.4, 0.5) is 13.2 Å². The number of allylic oxidation sites excluding steroid dienone is 2. The van der Waals surface area contributed by atoms with Crippen LogP contribution in [0.1, 0.15) is 25.0 Å². The molecule has 0 radical (unpaired) electrons. The molecule has 0 aromatic heterocycles. The van der Waals surface area contributed by atoms with Crippen LogP contribution >= 0.6 is 11.8 Å². The third-order valence-corrected chi connectivity index (χ3v) is 5.10. The van der Waals surface area contributed by atoms with Crippen LogP contribution in [0.15, 0.2) is 89.5 Å². The van der Waals surface area contributed by atoms with E-state index in [0.717, 1.165) is 16.8 Å². The Morgan fingerprint density at radius 2 is 1.76 bits per heavy atom. The van der Waals surface area contributed by atoms with Crippen LogP contribution in [0.3, 0.4) is 0 Å². The maximum absolute atomic E-state index is 12.7. The van der Waals surface area contributed by atoms with Crippen molar-refractivity contribution < 1.29 is 13.2 Å². The highest BCUT2D eigenvalue weighted by Crippen LogP contribution is 2.30. The summed E-state index contributed by atoms with van der Waals surface area (Å²) in [5, 5.41) is 4.09. The second kappa shape index (κ2) is 11.5. The van der Waals surface area contributed by atoms with E-state index in [1.165, 1.54) is 23.9 Å². The van der Waals surface area contributed by atoms with Crippen LogP contribution in [-0.2, 0) is 11.9 Å². The lowest BCUT2D eigenvalue weighted by molar-refractivity contribution is -0.137. The standard InChI is InChI=1S/C17H19F3N2S.C6H6/c1-3-6-13(4-2)15-10-21-16(22-15)23-11-12-7-5-8-14(9-12)17(18,19)20;1-2-4-6-5-3-1/h3-9,15H,10-11H2,1-2H3,(H,21,22);1-6H/b6-3-,13-4+;/t15-;/m1./s1. The molecule has 1 aliphatic rings. The molecule has 6 heteroatoms. The van der Waals surface area contributed by atoms with Gasteiger partial charge in [0.2, 0.25) is 0 Å². The van der Waals surface area contributed by atoms with Crippen LogP contribution in [0.2, 0.25) is 0 Å². The molecule has 1 aliphatic heterocycles. The number of hydrogen-bond acceptors (Lipinski definition) is 3. The van der Waals surface area contributed by atoms with E-state index in [4.69, 9.17) is 0 Å². The van der Waals surface area contributed by atoms with Crippen molar-refractivity contribution in [1.29, 1.82) is 0 Å². The van der Waals surface area contributed by atoms with Crippen molar-refractivity contribution in [2.24, 2.45) is 4.99 Å². The van der Waals surface area contributed by atoms with Crippen molar-refractivity contribution in [2.75, 3.05) is 6.54 Å². The number of amidine groups is 1. The Balaban J connectivity index is 0.000000426. The highest BCUT2D eigenvalue weighted by molar-refractivity contribution is 8.13. The van der Waals surface area contributed by atoms with Crippen LogP contribution in [-0.4, -0.2) is 17.8 Å². The van der Waals surface area contributed by atoms with E-state index in [1.807, 2.05) is 68.5 Å². The normalized spacial score (nSPS) is 16.8. The zero-order chi connectivity index (χ0) is 21.1. The van der Waals surface area contributed by atoms with Gasteiger partial charge in [-0.15, -0.1) is 0 Å². The fraction of sp³-hybridized carbons (Fsp3) is 0.261. The fourth-order valence-corrected chi connectivity index (χ4v) is 3.54. The molecule has 0 saturated carbocycles. The summed E-state index contributed by atoms with van der Waals surface area (Å²) in [5.41, 5.74) is 1.18. The average molecular weight is 419 g/mol. The van der Waals surface area contributed by atoms with Crippen LogP contribution in [0, 0.1) is 0 Å². The summed E-state index contributed by atoms with van der Waals surface area (Å²) in [7, 11) is 0. The van der Waals surface area contributed by atoms with Gasteiger partial charge in [-0.3, -0.25) is 4.99 Å². The Kier molecular flexibility index (Phi) is 9.06. The number of nitrogens with one attached hydrogen (secondary N) is 1. The monoisotopic (exact) mass is 418 g/mol. The number of rotatable bonds is 4. The van der Waals surface area contributed by atoms with E-state index in [9.17, 15) is 13.2 Å². The van der Waals surface area contributed by atoms with Gasteiger partial charge in [-0.1, -0.05) is 84.6 Å². The molecule has 2 nitrogen and oxygen atoms in total. The molecule has 0 fully saturated rings. The van der Waals surface area contributed by atoms with E-state index in [1.54, 1.807) is 6.07 Å². The SMILES string of the molecule is C/C=C\C(=C/C)[C@H]1CN=C(SCc2cccc(C(F)(F)F)c2)N1.c1ccccc1. The van der Waals surface area contributed by atoms with E-state index in [2.05, 4.69) is 10.3 Å². The van der Waals surface area contributed by atoms with Gasteiger partial charge in [0.25, 0.3) is 0 Å². The smallest absolute Gasteiger partial charge is 0.356 e. The fourth-order valence-electron chi connectivity index (χ4n) is 2.67. The minimum absolute atomic E-state index is 0.139. The van der Waals surface area contributed by atoms with Crippen LogP contribution in [0.5, 0.6) is 0 Å². The Labute approximate surface area is 174 Å². The number of alkyl halides is 3. The molecule has 1 atom stereocenters. The van der Waals surface area contributed by atoms with Crippen LogP contribution < -0.4 is 5.32 Å². The van der Waals surface area contributed by atoms with Gasteiger partial charge < -0.3 is 5.32 Å². The van der Waals surface area contributed by atoms with Gasteiger partial charge in [-0.25, -0.2) is 0 Å². The Hall–Kier alpha value is -2.47. The number of thioether (sulfide) groups is 1. The Morgan fingerprint density at radius 3 is 2.31 bits per heavy atom. The van der Waals surface area contributed by atoms with E-state index in [0.29, 0.717) is 17.9 Å². The quantitative estimate of drug-likeness (QED) is 0.575. The molecule has 154 valence electrons. The van der Waals surface area contributed by atoms with Crippen molar-refractivity contribution in [1.82, 2.24) is 5.32 Å². The predicted octanol–water partition coefficient (Wildman–Crippen LogP) is 6.48. The van der Waals surface area contributed by atoms with Gasteiger partial charge in [0.05, 0.1) is 18.2 Å². The molecule has 0 bridgehead atoms. The molecule has 0 amide bonds.